The summed E-state index contributed by atoms with van der Waals surface area (Å²) in [6.45, 7) is 13.6. The molecule has 2 aromatic carbocycles. The summed E-state index contributed by atoms with van der Waals surface area (Å²) < 4.78 is 5.38. The summed E-state index contributed by atoms with van der Waals surface area (Å²) in [5.74, 6) is -0.644. The van der Waals surface area contributed by atoms with E-state index in [-0.39, 0.29) is 17.6 Å². The van der Waals surface area contributed by atoms with Crippen molar-refractivity contribution in [1.29, 1.82) is 0 Å². The molecule has 2 rings (SSSR count). The second-order valence-electron chi connectivity index (χ2n) is 10.7. The van der Waals surface area contributed by atoms with Gasteiger partial charge in [-0.3, -0.25) is 9.59 Å². The van der Waals surface area contributed by atoms with Gasteiger partial charge in [-0.1, -0.05) is 56.2 Å². The van der Waals surface area contributed by atoms with Gasteiger partial charge < -0.3 is 20.3 Å². The van der Waals surface area contributed by atoms with E-state index < -0.39 is 23.8 Å². The number of ether oxygens (including phenoxy) is 1. The van der Waals surface area contributed by atoms with Crippen molar-refractivity contribution in [3.63, 3.8) is 0 Å². The summed E-state index contributed by atoms with van der Waals surface area (Å²) in [7, 11) is 0. The van der Waals surface area contributed by atoms with Crippen LogP contribution in [-0.2, 0) is 14.3 Å². The van der Waals surface area contributed by atoms with E-state index >= 15 is 0 Å². The molecule has 7 nitrogen and oxygen atoms in total. The van der Waals surface area contributed by atoms with Crippen molar-refractivity contribution >= 4 is 36.2 Å². The molecule has 0 aliphatic rings. The molecule has 0 fully saturated rings. The number of nitrogens with zero attached hydrogens (tertiary/aromatic N) is 1. The molecule has 0 saturated carbocycles. The number of carbonyl (C=O) groups is 3. The van der Waals surface area contributed by atoms with E-state index in [1.54, 1.807) is 25.7 Å². The molecular formula is C30H43N3O4S. The van der Waals surface area contributed by atoms with Crippen molar-refractivity contribution in [3.05, 3.63) is 64.7 Å². The highest BCUT2D eigenvalue weighted by atomic mass is 32.1. The first kappa shape index (κ1) is 31.2. The lowest BCUT2D eigenvalue weighted by molar-refractivity contribution is -0.140. The summed E-state index contributed by atoms with van der Waals surface area (Å²) in [4.78, 5) is 42.0. The number of hydrogen-bond acceptors (Lipinski definition) is 5. The molecule has 0 aliphatic carbocycles. The number of hydrogen-bond donors (Lipinski definition) is 3. The van der Waals surface area contributed by atoms with Crippen LogP contribution in [0.5, 0.6) is 0 Å². The lowest BCUT2D eigenvalue weighted by atomic mass is 9.98. The number of unbranched alkanes of at least 4 members (excludes halogenated alkanes) is 2. The zero-order valence-electron chi connectivity index (χ0n) is 23.8. The summed E-state index contributed by atoms with van der Waals surface area (Å²) in [5.41, 5.74) is 3.71. The van der Waals surface area contributed by atoms with Crippen LogP contribution < -0.4 is 10.6 Å². The summed E-state index contributed by atoms with van der Waals surface area (Å²) >= 11 is 4.36. The van der Waals surface area contributed by atoms with E-state index in [4.69, 9.17) is 4.74 Å². The first-order valence-corrected chi connectivity index (χ1v) is 13.9. The van der Waals surface area contributed by atoms with Gasteiger partial charge in [0.1, 0.15) is 17.7 Å². The number of anilines is 1. The summed E-state index contributed by atoms with van der Waals surface area (Å²) in [6, 6.07) is 11.5. The second-order valence-corrected chi connectivity index (χ2v) is 11.0. The third-order valence-corrected chi connectivity index (χ3v) is 6.63. The zero-order valence-corrected chi connectivity index (χ0v) is 24.7. The van der Waals surface area contributed by atoms with Crippen LogP contribution in [0.4, 0.5) is 10.5 Å². The van der Waals surface area contributed by atoms with Crippen LogP contribution in [-0.4, -0.2) is 46.7 Å². The van der Waals surface area contributed by atoms with Gasteiger partial charge in [0.15, 0.2) is 0 Å². The first-order chi connectivity index (χ1) is 17.9. The van der Waals surface area contributed by atoms with E-state index in [9.17, 15) is 14.4 Å². The number of alkyl carbamates (subject to hydrolysis) is 1. The average Bonchev–Trinajstić information content (AvgIpc) is 2.84. The number of para-hydroxylation sites is 1. The Morgan fingerprint density at radius 1 is 0.974 bits per heavy atom. The van der Waals surface area contributed by atoms with Crippen LogP contribution in [0, 0.1) is 20.8 Å². The van der Waals surface area contributed by atoms with Crippen molar-refractivity contribution in [3.8, 4) is 0 Å². The number of aryl methyl sites for hydroxylation is 3. The topological polar surface area (TPSA) is 87.7 Å². The molecule has 0 spiro atoms. The number of rotatable bonds is 11. The van der Waals surface area contributed by atoms with Crippen LogP contribution in [0.15, 0.2) is 42.5 Å². The monoisotopic (exact) mass is 541 g/mol. The van der Waals surface area contributed by atoms with Crippen LogP contribution in [0.1, 0.15) is 75.3 Å². The van der Waals surface area contributed by atoms with Gasteiger partial charge in [0.2, 0.25) is 5.91 Å². The predicted molar refractivity (Wildman–Crippen MR) is 157 cm³/mol. The maximum Gasteiger partial charge on any atom is 0.408 e. The number of carbonyl (C=O) groups excluding carboxylic acids is 3. The van der Waals surface area contributed by atoms with Crippen LogP contribution in [0.3, 0.4) is 0 Å². The third kappa shape index (κ3) is 9.08. The Labute approximate surface area is 233 Å². The maximum atomic E-state index is 14.0. The standard InChI is InChI=1S/C30H43N3O4S/c1-8-9-12-17-33(28(35)25(19-38)32-29(36)37-30(5,6)7)26(23-16-15-20(2)22(4)18-23)27(34)31-24-14-11-10-13-21(24)3/h10-11,13-16,18,25-26,38H,8-9,12,17,19H2,1-7H3,(H,31,34)(H,32,36). The highest BCUT2D eigenvalue weighted by Gasteiger charge is 2.36. The summed E-state index contributed by atoms with van der Waals surface area (Å²) in [5, 5.41) is 5.69. The first-order valence-electron chi connectivity index (χ1n) is 13.2. The normalized spacial score (nSPS) is 12.8. The van der Waals surface area contributed by atoms with Gasteiger partial charge in [-0.2, -0.15) is 12.6 Å². The molecule has 8 heteroatoms. The zero-order chi connectivity index (χ0) is 28.5. The fraction of sp³-hybridized carbons (Fsp3) is 0.500. The van der Waals surface area contributed by atoms with Crippen LogP contribution >= 0.6 is 12.6 Å². The molecule has 0 saturated heterocycles. The molecule has 2 atom stereocenters. The third-order valence-electron chi connectivity index (χ3n) is 6.27. The van der Waals surface area contributed by atoms with Crippen LogP contribution in [0.25, 0.3) is 0 Å². The molecule has 38 heavy (non-hydrogen) atoms. The minimum atomic E-state index is -0.963. The second kappa shape index (κ2) is 14.2. The number of benzene rings is 2. The Morgan fingerprint density at radius 2 is 1.66 bits per heavy atom. The molecule has 208 valence electrons. The molecule has 0 aromatic heterocycles. The minimum absolute atomic E-state index is 0.0570. The van der Waals surface area contributed by atoms with Gasteiger partial charge in [-0.25, -0.2) is 4.79 Å². The molecule has 2 N–H and O–H groups in total. The maximum absolute atomic E-state index is 14.0. The van der Waals surface area contributed by atoms with E-state index in [0.717, 1.165) is 29.5 Å². The van der Waals surface area contributed by atoms with Crippen molar-refractivity contribution < 1.29 is 19.1 Å². The lowest BCUT2D eigenvalue weighted by Crippen LogP contribution is -2.53. The van der Waals surface area contributed by atoms with Gasteiger partial charge in [0, 0.05) is 18.0 Å². The largest absolute Gasteiger partial charge is 0.444 e. The van der Waals surface area contributed by atoms with E-state index in [0.29, 0.717) is 24.2 Å². The van der Waals surface area contributed by atoms with Gasteiger partial charge >= 0.3 is 6.09 Å². The minimum Gasteiger partial charge on any atom is -0.444 e. The van der Waals surface area contributed by atoms with Crippen LogP contribution in [0.2, 0.25) is 0 Å². The van der Waals surface area contributed by atoms with Crippen molar-refractivity contribution in [2.45, 2.75) is 85.4 Å². The molecule has 0 radical (unpaired) electrons. The molecular weight excluding hydrogens is 498 g/mol. The Hall–Kier alpha value is -3.00. The number of nitrogens with one attached hydrogen (secondary N) is 2. The highest BCUT2D eigenvalue weighted by molar-refractivity contribution is 7.80. The lowest BCUT2D eigenvalue weighted by Gasteiger charge is -2.34. The van der Waals surface area contributed by atoms with Gasteiger partial charge in [0.25, 0.3) is 5.91 Å². The molecule has 3 amide bonds. The Balaban J connectivity index is 2.52. The van der Waals surface area contributed by atoms with Crippen molar-refractivity contribution in [2.75, 3.05) is 17.6 Å². The molecule has 2 aromatic rings. The predicted octanol–water partition coefficient (Wildman–Crippen LogP) is 6.13. The van der Waals surface area contributed by atoms with Gasteiger partial charge in [-0.05, 0) is 76.3 Å². The fourth-order valence-electron chi connectivity index (χ4n) is 4.06. The molecule has 0 bridgehead atoms. The molecule has 0 aliphatic heterocycles. The van der Waals surface area contributed by atoms with Gasteiger partial charge in [0.05, 0.1) is 0 Å². The Bertz CT molecular complexity index is 1110. The smallest absolute Gasteiger partial charge is 0.408 e. The highest BCUT2D eigenvalue weighted by Crippen LogP contribution is 2.27. The molecule has 0 heterocycles. The fourth-order valence-corrected chi connectivity index (χ4v) is 4.30. The van der Waals surface area contributed by atoms with Gasteiger partial charge in [-0.15, -0.1) is 0 Å². The Kier molecular flexibility index (Phi) is 11.7. The Morgan fingerprint density at radius 3 is 2.24 bits per heavy atom. The van der Waals surface area contributed by atoms with Crippen molar-refractivity contribution in [2.24, 2.45) is 0 Å². The summed E-state index contributed by atoms with van der Waals surface area (Å²) in [6.07, 6.45) is 1.86. The molecule has 2 unspecified atom stereocenters. The average molecular weight is 542 g/mol. The van der Waals surface area contributed by atoms with E-state index in [1.165, 1.54) is 0 Å². The van der Waals surface area contributed by atoms with Crippen molar-refractivity contribution in [1.82, 2.24) is 10.2 Å². The van der Waals surface area contributed by atoms with E-state index in [2.05, 4.69) is 30.2 Å². The van der Waals surface area contributed by atoms with E-state index in [1.807, 2.05) is 63.2 Å². The SMILES string of the molecule is CCCCCN(C(=O)C(CS)NC(=O)OC(C)(C)C)C(C(=O)Nc1ccccc1C)c1ccc(C)c(C)c1. The number of amides is 3. The number of thiol groups is 1. The quantitative estimate of drug-likeness (QED) is 0.236.